The van der Waals surface area contributed by atoms with Gasteiger partial charge < -0.3 is 0 Å². The zero-order valence-electron chi connectivity index (χ0n) is 10.6. The van der Waals surface area contributed by atoms with Gasteiger partial charge in [0.15, 0.2) is 69.4 Å². The van der Waals surface area contributed by atoms with Crippen LogP contribution in [-0.2, 0) is 52.0 Å². The first kappa shape index (κ1) is 57.4. The van der Waals surface area contributed by atoms with E-state index in [-0.39, 0.29) is 69.4 Å². The van der Waals surface area contributed by atoms with Crippen molar-refractivity contribution < 1.29 is 87.6 Å². The molecule has 0 aliphatic heterocycles. The summed E-state index contributed by atoms with van der Waals surface area (Å²) >= 11 is 0. The molecule has 20 nitrogen and oxygen atoms in total. The third-order valence-electron chi connectivity index (χ3n) is 0. The molecule has 10 N–H and O–H groups in total. The van der Waals surface area contributed by atoms with E-state index in [2.05, 4.69) is 0 Å². The van der Waals surface area contributed by atoms with Gasteiger partial charge in [-0.25, -0.2) is 0 Å². The first-order chi connectivity index (χ1) is 10.0. The van der Waals surface area contributed by atoms with Gasteiger partial charge in [-0.15, -0.1) is 0 Å². The smallest absolute Gasteiger partial charge is 0.264 e. The molecule has 0 radical (unpaired) electrons. The van der Waals surface area contributed by atoms with Crippen molar-refractivity contribution in [2.45, 2.75) is 0 Å². The molecule has 0 bridgehead atoms. The lowest BCUT2D eigenvalue weighted by molar-refractivity contribution is 0.378. The fourth-order valence-corrected chi connectivity index (χ4v) is 0. The highest BCUT2D eigenvalue weighted by molar-refractivity contribution is 7.80. The number of hydrogen-bond acceptors (Lipinski definition) is 10. The Morgan fingerprint density at radius 3 is 0.241 bits per heavy atom. The lowest BCUT2D eigenvalue weighted by Gasteiger charge is -1.68. The van der Waals surface area contributed by atoms with Gasteiger partial charge in [-0.3, -0.25) is 45.5 Å². The van der Waals surface area contributed by atoms with Crippen molar-refractivity contribution in [2.75, 3.05) is 0 Å². The van der Waals surface area contributed by atoms with Crippen LogP contribution >= 0.6 is 0 Å². The van der Waals surface area contributed by atoms with Gasteiger partial charge in [0.05, 0.1) is 0 Å². The van der Waals surface area contributed by atoms with E-state index in [1.165, 1.54) is 0 Å². The van der Waals surface area contributed by atoms with E-state index in [0.717, 1.165) is 0 Å². The third-order valence-corrected chi connectivity index (χ3v) is 0. The highest BCUT2D eigenvalue weighted by Gasteiger charge is 1.86. The van der Waals surface area contributed by atoms with Crippen LogP contribution in [0.4, 0.5) is 0 Å². The molecule has 0 heterocycles. The molecule has 0 aromatic heterocycles. The second kappa shape index (κ2) is 24.1. The number of rotatable bonds is 0. The van der Waals surface area contributed by atoms with Crippen molar-refractivity contribution in [3.05, 3.63) is 0 Å². The summed E-state index contributed by atoms with van der Waals surface area (Å²) < 4.78 is 158. The van der Waals surface area contributed by atoms with Crippen LogP contribution in [0.15, 0.2) is 0 Å². The molecule has 0 aliphatic rings. The second-order valence-corrected chi connectivity index (χ2v) is 6.72. The Bertz CT molecular complexity index is 625. The van der Waals surface area contributed by atoms with Crippen molar-refractivity contribution in [1.82, 2.24) is 0 Å². The monoisotopic (exact) mass is 610 g/mol. The van der Waals surface area contributed by atoms with E-state index < -0.39 is 52.0 Å². The first-order valence-corrected chi connectivity index (χ1v) is 10.5. The summed E-state index contributed by atoms with van der Waals surface area (Å²) in [5.41, 5.74) is 0. The Balaban J connectivity index is -0.0000000238. The van der Waals surface area contributed by atoms with E-state index in [1.54, 1.807) is 0 Å². The van der Waals surface area contributed by atoms with Gasteiger partial charge in [0, 0.05) is 0 Å². The predicted octanol–water partition coefficient (Wildman–Crippen LogP) is -8.00. The minimum atomic E-state index is -4.67. The van der Waals surface area contributed by atoms with E-state index in [4.69, 9.17) is 87.6 Å². The van der Waals surface area contributed by atoms with Crippen LogP contribution in [0.2, 0.25) is 0 Å². The Morgan fingerprint density at radius 1 is 0.241 bits per heavy atom. The zero-order valence-corrected chi connectivity index (χ0v) is 14.7. The molecule has 184 valence electrons. The van der Waals surface area contributed by atoms with Crippen molar-refractivity contribution in [2.24, 2.45) is 0 Å². The Hall–Kier alpha value is 1.48. The Kier molecular flexibility index (Phi) is 47.8. The summed E-state index contributed by atoms with van der Waals surface area (Å²) in [6, 6.07) is 0. The molecular formula is H22Al4O20S5. The SMILES string of the molecule is O=S(=O)(O)O.O=S(=O)(O)O.O=S(=O)(O)O.O=S(=O)(O)O.O=S(=O)(O)O.[AlH3].[AlH3].[AlH3].[AlH3]. The van der Waals surface area contributed by atoms with Crippen LogP contribution < -0.4 is 0 Å². The summed E-state index contributed by atoms with van der Waals surface area (Å²) in [6.07, 6.45) is 0. The molecule has 29 heavy (non-hydrogen) atoms. The molecule has 0 aliphatic carbocycles. The molecule has 0 amide bonds. The summed E-state index contributed by atoms with van der Waals surface area (Å²) in [7, 11) is -23.3. The first-order valence-electron chi connectivity index (χ1n) is 3.49. The van der Waals surface area contributed by atoms with E-state index in [9.17, 15) is 0 Å². The Morgan fingerprint density at radius 2 is 0.241 bits per heavy atom. The van der Waals surface area contributed by atoms with Crippen LogP contribution in [0.5, 0.6) is 0 Å². The maximum Gasteiger partial charge on any atom is 0.394 e. The van der Waals surface area contributed by atoms with Crippen molar-refractivity contribution in [1.29, 1.82) is 0 Å². The van der Waals surface area contributed by atoms with Crippen molar-refractivity contribution >= 4 is 121 Å². The highest BCUT2D eigenvalue weighted by atomic mass is 32.3. The van der Waals surface area contributed by atoms with Crippen molar-refractivity contribution in [3.63, 3.8) is 0 Å². The fourth-order valence-electron chi connectivity index (χ4n) is 0. The molecule has 0 unspecified atom stereocenters. The minimum Gasteiger partial charge on any atom is -0.264 e. The Labute approximate surface area is 207 Å². The summed E-state index contributed by atoms with van der Waals surface area (Å²) in [4.78, 5) is 0. The van der Waals surface area contributed by atoms with Gasteiger partial charge in [-0.1, -0.05) is 0 Å². The molecule has 0 aromatic carbocycles. The maximum atomic E-state index is 8.74. The van der Waals surface area contributed by atoms with Crippen LogP contribution in [0, 0.1) is 0 Å². The minimum absolute atomic E-state index is 0. The normalized spacial score (nSPS) is 10.0. The molecule has 0 aromatic rings. The fraction of sp³-hybridized carbons (Fsp3) is 0. The average molecular weight is 610 g/mol. The molecule has 0 fully saturated rings. The van der Waals surface area contributed by atoms with Crippen LogP contribution in [0.1, 0.15) is 0 Å². The van der Waals surface area contributed by atoms with Crippen molar-refractivity contribution in [3.8, 4) is 0 Å². The van der Waals surface area contributed by atoms with Gasteiger partial charge in [0.2, 0.25) is 0 Å². The van der Waals surface area contributed by atoms with E-state index >= 15 is 0 Å². The van der Waals surface area contributed by atoms with E-state index in [0.29, 0.717) is 0 Å². The van der Waals surface area contributed by atoms with Crippen LogP contribution in [-0.4, -0.2) is 157 Å². The predicted molar refractivity (Wildman–Crippen MR) is 111 cm³/mol. The van der Waals surface area contributed by atoms with Gasteiger partial charge in [0.25, 0.3) is 0 Å². The molecule has 29 heteroatoms. The number of hydrogen-bond donors (Lipinski definition) is 10. The summed E-state index contributed by atoms with van der Waals surface area (Å²) in [5.74, 6) is 0. The zero-order chi connectivity index (χ0) is 22.5. The summed E-state index contributed by atoms with van der Waals surface area (Å²) in [6.45, 7) is 0. The van der Waals surface area contributed by atoms with Crippen LogP contribution in [0.3, 0.4) is 0 Å². The van der Waals surface area contributed by atoms with Gasteiger partial charge in [0.1, 0.15) is 0 Å². The molecular weight excluding hydrogens is 588 g/mol. The maximum absolute atomic E-state index is 8.74. The largest absolute Gasteiger partial charge is 0.394 e. The second-order valence-electron chi connectivity index (χ2n) is 2.24. The molecule has 0 saturated heterocycles. The van der Waals surface area contributed by atoms with Crippen LogP contribution in [0.25, 0.3) is 0 Å². The molecule has 0 atom stereocenters. The molecule has 0 spiro atoms. The van der Waals surface area contributed by atoms with Gasteiger partial charge in [-0.2, -0.15) is 42.1 Å². The molecule has 0 saturated carbocycles. The lowest BCUT2D eigenvalue weighted by atomic mass is 15.8. The topological polar surface area (TPSA) is 373 Å². The van der Waals surface area contributed by atoms with Gasteiger partial charge in [-0.05, 0) is 0 Å². The molecule has 0 rings (SSSR count). The van der Waals surface area contributed by atoms with Gasteiger partial charge >= 0.3 is 52.0 Å². The highest BCUT2D eigenvalue weighted by Crippen LogP contribution is 1.60. The lowest BCUT2D eigenvalue weighted by Crippen LogP contribution is -1.89. The third kappa shape index (κ3) is 10200. The quantitative estimate of drug-likeness (QED) is 0.0898. The standard InChI is InChI=1S/4Al.5H2O4S.12H/c;;;;5*1-5(2,3)4;;;;;;;;;;;;/h;;;;5*(H2,1,2,3,4);;;;;;;;;;;;. The van der Waals surface area contributed by atoms with E-state index in [1.807, 2.05) is 0 Å². The summed E-state index contributed by atoms with van der Waals surface area (Å²) in [5, 5.41) is 0. The average Bonchev–Trinajstić information content (AvgIpc) is 1.79.